The van der Waals surface area contributed by atoms with Gasteiger partial charge in [0.2, 0.25) is 5.91 Å². The van der Waals surface area contributed by atoms with Crippen molar-refractivity contribution in [3.05, 3.63) is 27.3 Å². The van der Waals surface area contributed by atoms with Crippen LogP contribution in [0.15, 0.2) is 18.2 Å². The van der Waals surface area contributed by atoms with Crippen molar-refractivity contribution in [2.24, 2.45) is 5.92 Å². The molecular formula is C14H19IN2O3. The van der Waals surface area contributed by atoms with Gasteiger partial charge in [-0.05, 0) is 46.7 Å². The summed E-state index contributed by atoms with van der Waals surface area (Å²) in [6, 6.07) is 4.70. The molecule has 2 N–H and O–H groups in total. The van der Waals surface area contributed by atoms with E-state index in [1.165, 1.54) is 11.0 Å². The number of phenols is 1. The molecule has 0 atom stereocenters. The SMILES string of the molecule is CC(C)CNC(=O)CN(C)C(=O)c1ccc(I)c(O)c1. The van der Waals surface area contributed by atoms with Gasteiger partial charge in [0, 0.05) is 19.2 Å². The first-order chi connectivity index (χ1) is 9.31. The van der Waals surface area contributed by atoms with Gasteiger partial charge in [-0.2, -0.15) is 0 Å². The number of phenolic OH excluding ortho intramolecular Hbond substituents is 1. The second-order valence-corrected chi connectivity index (χ2v) is 6.19. The number of halogens is 1. The normalized spacial score (nSPS) is 10.4. The number of carbonyl (C=O) groups is 2. The predicted octanol–water partition coefficient (Wildman–Crippen LogP) is 1.84. The lowest BCUT2D eigenvalue weighted by Gasteiger charge is -2.17. The van der Waals surface area contributed by atoms with E-state index in [4.69, 9.17) is 0 Å². The molecule has 0 spiro atoms. The largest absolute Gasteiger partial charge is 0.507 e. The summed E-state index contributed by atoms with van der Waals surface area (Å²) in [5.74, 6) is -0.0529. The minimum Gasteiger partial charge on any atom is -0.507 e. The van der Waals surface area contributed by atoms with Crippen molar-refractivity contribution in [1.29, 1.82) is 0 Å². The fourth-order valence-electron chi connectivity index (χ4n) is 1.53. The Hall–Kier alpha value is -1.31. The molecule has 0 bridgehead atoms. The van der Waals surface area contributed by atoms with Crippen molar-refractivity contribution in [3.8, 4) is 5.75 Å². The van der Waals surface area contributed by atoms with E-state index in [1.54, 1.807) is 19.2 Å². The van der Waals surface area contributed by atoms with Crippen LogP contribution in [0.3, 0.4) is 0 Å². The molecule has 5 nitrogen and oxygen atoms in total. The molecule has 0 unspecified atom stereocenters. The molecule has 1 rings (SSSR count). The van der Waals surface area contributed by atoms with Gasteiger partial charge < -0.3 is 15.3 Å². The minimum absolute atomic E-state index is 0.00168. The van der Waals surface area contributed by atoms with Gasteiger partial charge in [-0.25, -0.2) is 0 Å². The van der Waals surface area contributed by atoms with Crippen LogP contribution in [0, 0.1) is 9.49 Å². The molecule has 0 aliphatic carbocycles. The molecule has 0 fully saturated rings. The summed E-state index contributed by atoms with van der Waals surface area (Å²) < 4.78 is 0.677. The number of nitrogens with one attached hydrogen (secondary N) is 1. The van der Waals surface area contributed by atoms with E-state index in [9.17, 15) is 14.7 Å². The Kier molecular flexibility index (Phi) is 6.25. The molecule has 1 aromatic rings. The molecular weight excluding hydrogens is 371 g/mol. The highest BCUT2D eigenvalue weighted by Gasteiger charge is 2.16. The second-order valence-electron chi connectivity index (χ2n) is 5.03. The Morgan fingerprint density at radius 3 is 2.60 bits per heavy atom. The van der Waals surface area contributed by atoms with Crippen molar-refractivity contribution < 1.29 is 14.7 Å². The maximum absolute atomic E-state index is 12.1. The number of aromatic hydroxyl groups is 1. The third-order valence-electron chi connectivity index (χ3n) is 2.63. The first-order valence-electron chi connectivity index (χ1n) is 6.32. The van der Waals surface area contributed by atoms with E-state index >= 15 is 0 Å². The Balaban J connectivity index is 2.62. The summed E-state index contributed by atoms with van der Waals surface area (Å²) in [5.41, 5.74) is 0.363. The number of hydrogen-bond acceptors (Lipinski definition) is 3. The number of carbonyl (C=O) groups excluding carboxylic acids is 2. The third-order valence-corrected chi connectivity index (χ3v) is 3.54. The van der Waals surface area contributed by atoms with Crippen LogP contribution in [-0.2, 0) is 4.79 Å². The van der Waals surface area contributed by atoms with Crippen molar-refractivity contribution >= 4 is 34.4 Å². The first-order valence-corrected chi connectivity index (χ1v) is 7.39. The maximum Gasteiger partial charge on any atom is 0.254 e. The van der Waals surface area contributed by atoms with Gasteiger partial charge in [0.05, 0.1) is 10.1 Å². The lowest BCUT2D eigenvalue weighted by atomic mass is 10.2. The highest BCUT2D eigenvalue weighted by atomic mass is 127. The van der Waals surface area contributed by atoms with Gasteiger partial charge in [0.25, 0.3) is 5.91 Å². The quantitative estimate of drug-likeness (QED) is 0.754. The summed E-state index contributed by atoms with van der Waals surface area (Å²) in [5, 5.41) is 12.4. The molecule has 2 amide bonds. The number of amides is 2. The van der Waals surface area contributed by atoms with Gasteiger partial charge in [-0.15, -0.1) is 0 Å². The molecule has 1 aromatic carbocycles. The molecule has 0 aliphatic heterocycles. The second kappa shape index (κ2) is 7.47. The zero-order valence-corrected chi connectivity index (χ0v) is 14.0. The standard InChI is InChI=1S/C14H19IN2O3/c1-9(2)7-16-13(19)8-17(3)14(20)10-4-5-11(15)12(18)6-10/h4-6,9,18H,7-8H2,1-3H3,(H,16,19). The Bertz CT molecular complexity index is 503. The average Bonchev–Trinajstić information content (AvgIpc) is 2.38. The molecule has 110 valence electrons. The number of nitrogens with zero attached hydrogens (tertiary/aromatic N) is 1. The molecule has 0 radical (unpaired) electrons. The van der Waals surface area contributed by atoms with E-state index < -0.39 is 0 Å². The highest BCUT2D eigenvalue weighted by molar-refractivity contribution is 14.1. The predicted molar refractivity (Wildman–Crippen MR) is 85.6 cm³/mol. The lowest BCUT2D eigenvalue weighted by Crippen LogP contribution is -2.39. The van der Waals surface area contributed by atoms with E-state index in [2.05, 4.69) is 5.32 Å². The van der Waals surface area contributed by atoms with Crippen LogP contribution in [-0.4, -0.2) is 42.0 Å². The molecule has 0 aliphatic rings. The van der Waals surface area contributed by atoms with Crippen LogP contribution in [0.1, 0.15) is 24.2 Å². The van der Waals surface area contributed by atoms with E-state index in [1.807, 2.05) is 36.4 Å². The number of benzene rings is 1. The van der Waals surface area contributed by atoms with Crippen LogP contribution < -0.4 is 5.32 Å². The summed E-state index contributed by atoms with van der Waals surface area (Å²) in [6.07, 6.45) is 0. The smallest absolute Gasteiger partial charge is 0.254 e. The molecule has 0 heterocycles. The topological polar surface area (TPSA) is 69.6 Å². The van der Waals surface area contributed by atoms with Crippen molar-refractivity contribution in [1.82, 2.24) is 10.2 Å². The first kappa shape index (κ1) is 16.7. The minimum atomic E-state index is -0.295. The number of hydrogen-bond donors (Lipinski definition) is 2. The van der Waals surface area contributed by atoms with E-state index in [0.29, 0.717) is 21.6 Å². The van der Waals surface area contributed by atoms with Crippen LogP contribution in [0.5, 0.6) is 5.75 Å². The Morgan fingerprint density at radius 2 is 2.05 bits per heavy atom. The summed E-state index contributed by atoms with van der Waals surface area (Å²) in [7, 11) is 1.56. The number of likely N-dealkylation sites (N-methyl/N-ethyl adjacent to an activating group) is 1. The van der Waals surface area contributed by atoms with Crippen molar-refractivity contribution in [3.63, 3.8) is 0 Å². The maximum atomic E-state index is 12.1. The van der Waals surface area contributed by atoms with Crippen LogP contribution in [0.25, 0.3) is 0 Å². The highest BCUT2D eigenvalue weighted by Crippen LogP contribution is 2.21. The summed E-state index contributed by atoms with van der Waals surface area (Å²) in [4.78, 5) is 25.1. The Labute approximate surface area is 132 Å². The lowest BCUT2D eigenvalue weighted by molar-refractivity contribution is -0.121. The monoisotopic (exact) mass is 390 g/mol. The van der Waals surface area contributed by atoms with Crippen molar-refractivity contribution in [2.45, 2.75) is 13.8 Å². The molecule has 20 heavy (non-hydrogen) atoms. The van der Waals surface area contributed by atoms with Crippen LogP contribution >= 0.6 is 22.6 Å². The van der Waals surface area contributed by atoms with Gasteiger partial charge in [-0.3, -0.25) is 9.59 Å². The Morgan fingerprint density at radius 1 is 1.40 bits per heavy atom. The zero-order valence-electron chi connectivity index (χ0n) is 11.8. The summed E-state index contributed by atoms with van der Waals surface area (Å²) >= 11 is 1.98. The summed E-state index contributed by atoms with van der Waals surface area (Å²) in [6.45, 7) is 4.59. The van der Waals surface area contributed by atoms with E-state index in [0.717, 1.165) is 0 Å². The van der Waals surface area contributed by atoms with Crippen molar-refractivity contribution in [2.75, 3.05) is 20.1 Å². The van der Waals surface area contributed by atoms with Gasteiger partial charge in [0.1, 0.15) is 5.75 Å². The van der Waals surface area contributed by atoms with Gasteiger partial charge in [0.15, 0.2) is 0 Å². The molecule has 6 heteroatoms. The molecule has 0 saturated carbocycles. The van der Waals surface area contributed by atoms with E-state index in [-0.39, 0.29) is 24.1 Å². The van der Waals surface area contributed by atoms with Gasteiger partial charge >= 0.3 is 0 Å². The number of rotatable bonds is 5. The van der Waals surface area contributed by atoms with Gasteiger partial charge in [-0.1, -0.05) is 13.8 Å². The fourth-order valence-corrected chi connectivity index (χ4v) is 1.86. The zero-order chi connectivity index (χ0) is 15.3. The molecule has 0 aromatic heterocycles. The van der Waals surface area contributed by atoms with Crippen LogP contribution in [0.2, 0.25) is 0 Å². The molecule has 0 saturated heterocycles. The average molecular weight is 390 g/mol. The van der Waals surface area contributed by atoms with Crippen LogP contribution in [0.4, 0.5) is 0 Å². The third kappa shape index (κ3) is 4.99. The fraction of sp³-hybridized carbons (Fsp3) is 0.429.